The Morgan fingerprint density at radius 2 is 1.86 bits per heavy atom. The molecule has 0 fully saturated rings. The maximum absolute atomic E-state index is 3.46. The minimum absolute atomic E-state index is 0. The van der Waals surface area contributed by atoms with E-state index in [9.17, 15) is 0 Å². The molecule has 0 bridgehead atoms. The van der Waals surface area contributed by atoms with Crippen molar-refractivity contribution >= 4 is 24.0 Å². The summed E-state index contributed by atoms with van der Waals surface area (Å²) in [5.41, 5.74) is 2.98. The molecule has 0 radical (unpaired) electrons. The van der Waals surface area contributed by atoms with Crippen molar-refractivity contribution in [1.82, 2.24) is 0 Å². The molecule has 0 heterocycles. The van der Waals surface area contributed by atoms with Gasteiger partial charge in [-0.2, -0.15) is 23.3 Å². The molecule has 3 aromatic rings. The van der Waals surface area contributed by atoms with Crippen LogP contribution in [0, 0.1) is 6.92 Å². The third kappa shape index (κ3) is 9.83. The molecule has 0 saturated heterocycles. The SMILES string of the molecule is C=CC=CC.CCCC[c-]1cccc1C.CP(C)c1cc2ccccc2[cH-]1.[Ti+2]. The second-order valence-corrected chi connectivity index (χ2v) is 9.14. The monoisotopic (exact) mass is 426 g/mol. The van der Waals surface area contributed by atoms with Gasteiger partial charge in [0.2, 0.25) is 0 Å². The van der Waals surface area contributed by atoms with Crippen molar-refractivity contribution in [2.24, 2.45) is 0 Å². The van der Waals surface area contributed by atoms with E-state index >= 15 is 0 Å². The van der Waals surface area contributed by atoms with E-state index in [4.69, 9.17) is 0 Å². The first-order valence-corrected chi connectivity index (χ1v) is 12.0. The minimum atomic E-state index is 0. The van der Waals surface area contributed by atoms with Crippen molar-refractivity contribution in [2.45, 2.75) is 40.0 Å². The molecule has 0 aliphatic rings. The van der Waals surface area contributed by atoms with E-state index in [2.05, 4.69) is 88.4 Å². The van der Waals surface area contributed by atoms with Gasteiger partial charge in [-0.15, -0.1) is 48.3 Å². The summed E-state index contributed by atoms with van der Waals surface area (Å²) in [4.78, 5) is 0. The molecule has 0 N–H and O–H groups in total. The van der Waals surface area contributed by atoms with Crippen LogP contribution in [0.4, 0.5) is 0 Å². The summed E-state index contributed by atoms with van der Waals surface area (Å²) < 4.78 is 0. The number of unbranched alkanes of at least 4 members (excludes halogenated alkanes) is 1. The molecule has 28 heavy (non-hydrogen) atoms. The van der Waals surface area contributed by atoms with Crippen LogP contribution in [0.25, 0.3) is 10.8 Å². The van der Waals surface area contributed by atoms with Gasteiger partial charge in [0.1, 0.15) is 0 Å². The maximum atomic E-state index is 3.46. The Morgan fingerprint density at radius 1 is 1.14 bits per heavy atom. The van der Waals surface area contributed by atoms with Gasteiger partial charge in [-0.3, -0.25) is 0 Å². The molecule has 0 aliphatic heterocycles. The number of fused-ring (bicyclic) bond motifs is 1. The summed E-state index contributed by atoms with van der Waals surface area (Å²) in [5.74, 6) is 0. The Kier molecular flexibility index (Phi) is 15.0. The van der Waals surface area contributed by atoms with Crippen molar-refractivity contribution in [2.75, 3.05) is 13.3 Å². The largest absolute Gasteiger partial charge is 2.00 e. The Hall–Kier alpha value is -1.20. The van der Waals surface area contributed by atoms with E-state index in [1.165, 1.54) is 46.5 Å². The molecule has 2 heteroatoms. The molecule has 0 aliphatic carbocycles. The van der Waals surface area contributed by atoms with E-state index in [-0.39, 0.29) is 29.6 Å². The fourth-order valence-electron chi connectivity index (χ4n) is 2.72. The van der Waals surface area contributed by atoms with Gasteiger partial charge in [-0.1, -0.05) is 64.0 Å². The van der Waals surface area contributed by atoms with Crippen LogP contribution in [0.5, 0.6) is 0 Å². The quantitative estimate of drug-likeness (QED) is 0.170. The smallest absolute Gasteiger partial charge is 0.213 e. The first kappa shape index (κ1) is 26.8. The Labute approximate surface area is 189 Å². The zero-order valence-corrected chi connectivity index (χ0v) is 20.7. The summed E-state index contributed by atoms with van der Waals surface area (Å²) >= 11 is 0. The molecule has 0 unspecified atom stereocenters. The van der Waals surface area contributed by atoms with Gasteiger partial charge in [0.25, 0.3) is 0 Å². The van der Waals surface area contributed by atoms with Crippen molar-refractivity contribution in [3.05, 3.63) is 90.5 Å². The van der Waals surface area contributed by atoms with E-state index < -0.39 is 0 Å². The van der Waals surface area contributed by atoms with Gasteiger partial charge in [-0.25, -0.2) is 12.1 Å². The van der Waals surface area contributed by atoms with Gasteiger partial charge in [0.15, 0.2) is 0 Å². The average molecular weight is 426 g/mol. The number of rotatable bonds is 5. The summed E-state index contributed by atoms with van der Waals surface area (Å²) in [7, 11) is 0.0576. The van der Waals surface area contributed by atoms with Gasteiger partial charge >= 0.3 is 21.7 Å². The minimum Gasteiger partial charge on any atom is -0.213 e. The number of benzene rings is 1. The van der Waals surface area contributed by atoms with Crippen LogP contribution < -0.4 is 5.30 Å². The first-order chi connectivity index (χ1) is 13.0. The fraction of sp³-hybridized carbons (Fsp3) is 0.308. The number of hydrogen-bond acceptors (Lipinski definition) is 0. The van der Waals surface area contributed by atoms with Gasteiger partial charge in [0, 0.05) is 0 Å². The molecule has 148 valence electrons. The topological polar surface area (TPSA) is 0 Å². The predicted molar refractivity (Wildman–Crippen MR) is 128 cm³/mol. The molecular weight excluding hydrogens is 391 g/mol. The van der Waals surface area contributed by atoms with Crippen LogP contribution >= 0.6 is 7.92 Å². The number of hydrogen-bond donors (Lipinski definition) is 0. The van der Waals surface area contributed by atoms with Crippen LogP contribution in [-0.4, -0.2) is 13.3 Å². The molecule has 0 nitrogen and oxygen atoms in total. The Balaban J connectivity index is 0.000000416. The normalized spacial score (nSPS) is 10.1. The molecule has 0 spiro atoms. The van der Waals surface area contributed by atoms with Crippen LogP contribution in [0.2, 0.25) is 0 Å². The molecule has 0 amide bonds. The first-order valence-electron chi connectivity index (χ1n) is 9.81. The van der Waals surface area contributed by atoms with Gasteiger partial charge in [-0.05, 0) is 20.3 Å². The van der Waals surface area contributed by atoms with Crippen molar-refractivity contribution in [3.8, 4) is 0 Å². The van der Waals surface area contributed by atoms with Crippen LogP contribution in [0.1, 0.15) is 37.8 Å². The number of allylic oxidation sites excluding steroid dienone is 3. The zero-order valence-electron chi connectivity index (χ0n) is 18.2. The van der Waals surface area contributed by atoms with Gasteiger partial charge in [0.05, 0.1) is 0 Å². The second kappa shape index (κ2) is 15.7. The van der Waals surface area contributed by atoms with E-state index in [0.717, 1.165) is 0 Å². The summed E-state index contributed by atoms with van der Waals surface area (Å²) in [6.45, 7) is 14.4. The van der Waals surface area contributed by atoms with Crippen LogP contribution in [-0.2, 0) is 28.1 Å². The fourth-order valence-corrected chi connectivity index (χ4v) is 3.52. The average Bonchev–Trinajstić information content (AvgIpc) is 3.28. The van der Waals surface area contributed by atoms with Crippen molar-refractivity contribution < 1.29 is 21.7 Å². The Morgan fingerprint density at radius 3 is 2.32 bits per heavy atom. The molecule has 3 rings (SSSR count). The summed E-state index contributed by atoms with van der Waals surface area (Å²) in [6.07, 6.45) is 9.46. The third-order valence-corrected chi connectivity index (χ3v) is 5.69. The van der Waals surface area contributed by atoms with E-state index in [1.807, 2.05) is 19.1 Å². The maximum Gasteiger partial charge on any atom is 2.00 e. The predicted octanol–water partition coefficient (Wildman–Crippen LogP) is 7.73. The van der Waals surface area contributed by atoms with Crippen LogP contribution in [0.3, 0.4) is 0 Å². The molecular formula is C26H35PTi. The van der Waals surface area contributed by atoms with Crippen LogP contribution in [0.15, 0.2) is 79.4 Å². The summed E-state index contributed by atoms with van der Waals surface area (Å²) in [6, 6.07) is 19.7. The van der Waals surface area contributed by atoms with E-state index in [1.54, 1.807) is 6.08 Å². The standard InChI is InChI=1S/C11H12P.C10H15.C5H8.Ti/c1-12(2)11-7-9-5-3-4-6-10(9)8-11;1-3-4-7-10-8-5-6-9(10)2;1-3-5-4-2;/h3-8H,1-2H3;5-6,8H,3-4,7H2,1-2H3;3-5H,1H2,2H3;/q2*-1;;+2. The molecule has 3 aromatic carbocycles. The molecule has 0 saturated carbocycles. The second-order valence-electron chi connectivity index (χ2n) is 6.84. The van der Waals surface area contributed by atoms with Crippen molar-refractivity contribution in [3.63, 3.8) is 0 Å². The number of aryl methyl sites for hydroxylation is 2. The molecule has 0 aromatic heterocycles. The van der Waals surface area contributed by atoms with Gasteiger partial charge < -0.3 is 0 Å². The van der Waals surface area contributed by atoms with E-state index in [0.29, 0.717) is 0 Å². The Bertz CT molecular complexity index is 772. The molecule has 0 atom stereocenters. The summed E-state index contributed by atoms with van der Waals surface area (Å²) in [5, 5.41) is 4.26. The third-order valence-electron chi connectivity index (χ3n) is 4.40. The zero-order chi connectivity index (χ0) is 20.1. The van der Waals surface area contributed by atoms with Crippen molar-refractivity contribution in [1.29, 1.82) is 0 Å².